The maximum atomic E-state index is 8.91. The molecule has 0 bridgehead atoms. The Balaban J connectivity index is 2.30. The SMILES string of the molecule is N#Cc1ccccc1N=Cc1cccc(Cl)c1. The number of nitriles is 1. The average Bonchev–Trinajstić information content (AvgIpc) is 2.37. The fraction of sp³-hybridized carbons (Fsp3) is 0. The molecule has 0 aliphatic carbocycles. The molecule has 0 fully saturated rings. The van der Waals surface area contributed by atoms with Crippen molar-refractivity contribution in [2.75, 3.05) is 0 Å². The van der Waals surface area contributed by atoms with Gasteiger partial charge in [0.1, 0.15) is 6.07 Å². The van der Waals surface area contributed by atoms with E-state index in [1.54, 1.807) is 18.3 Å². The molecule has 0 radical (unpaired) electrons. The largest absolute Gasteiger partial charge is 0.255 e. The number of aliphatic imine (C=N–C) groups is 1. The molecule has 17 heavy (non-hydrogen) atoms. The molecule has 0 aliphatic rings. The Morgan fingerprint density at radius 2 is 1.94 bits per heavy atom. The molecule has 0 saturated heterocycles. The number of nitrogens with zero attached hydrogens (tertiary/aromatic N) is 2. The second-order valence-electron chi connectivity index (χ2n) is 3.44. The summed E-state index contributed by atoms with van der Waals surface area (Å²) in [5.74, 6) is 0. The molecule has 2 aromatic rings. The number of hydrogen-bond donors (Lipinski definition) is 0. The highest BCUT2D eigenvalue weighted by Crippen LogP contribution is 2.17. The lowest BCUT2D eigenvalue weighted by Crippen LogP contribution is -1.81. The summed E-state index contributed by atoms with van der Waals surface area (Å²) in [5.41, 5.74) is 2.13. The zero-order chi connectivity index (χ0) is 12.1. The van der Waals surface area contributed by atoms with E-state index in [1.165, 1.54) is 0 Å². The quantitative estimate of drug-likeness (QED) is 0.732. The Morgan fingerprint density at radius 3 is 2.71 bits per heavy atom. The molecule has 0 saturated carbocycles. The maximum absolute atomic E-state index is 8.91. The first-order valence-corrected chi connectivity index (χ1v) is 5.46. The molecule has 82 valence electrons. The van der Waals surface area contributed by atoms with E-state index in [0.717, 1.165) is 5.56 Å². The highest BCUT2D eigenvalue weighted by Gasteiger charge is 1.97. The molecule has 0 aliphatic heterocycles. The summed E-state index contributed by atoms with van der Waals surface area (Å²) in [6, 6.07) is 16.7. The fourth-order valence-corrected chi connectivity index (χ4v) is 1.61. The third-order valence-corrected chi connectivity index (χ3v) is 2.46. The van der Waals surface area contributed by atoms with Gasteiger partial charge in [0.15, 0.2) is 0 Å². The lowest BCUT2D eigenvalue weighted by atomic mass is 10.2. The van der Waals surface area contributed by atoms with E-state index in [1.807, 2.05) is 36.4 Å². The summed E-state index contributed by atoms with van der Waals surface area (Å²) in [5, 5.41) is 9.58. The number of rotatable bonds is 2. The first-order chi connectivity index (χ1) is 8.29. The van der Waals surface area contributed by atoms with Crippen LogP contribution in [0.15, 0.2) is 53.5 Å². The average molecular weight is 241 g/mol. The first-order valence-electron chi connectivity index (χ1n) is 5.08. The van der Waals surface area contributed by atoms with Crippen LogP contribution >= 0.6 is 11.6 Å². The molecule has 0 spiro atoms. The molecule has 3 heteroatoms. The molecule has 2 nitrogen and oxygen atoms in total. The van der Waals surface area contributed by atoms with Gasteiger partial charge >= 0.3 is 0 Å². The molecular formula is C14H9ClN2. The van der Waals surface area contributed by atoms with Crippen molar-refractivity contribution in [1.29, 1.82) is 5.26 Å². The van der Waals surface area contributed by atoms with E-state index in [0.29, 0.717) is 16.3 Å². The third-order valence-electron chi connectivity index (χ3n) is 2.23. The van der Waals surface area contributed by atoms with Crippen LogP contribution in [0.2, 0.25) is 5.02 Å². The zero-order valence-corrected chi connectivity index (χ0v) is 9.72. The van der Waals surface area contributed by atoms with E-state index in [4.69, 9.17) is 16.9 Å². The predicted molar refractivity (Wildman–Crippen MR) is 69.9 cm³/mol. The van der Waals surface area contributed by atoms with Crippen molar-refractivity contribution in [3.8, 4) is 6.07 Å². The van der Waals surface area contributed by atoms with Gasteiger partial charge in [-0.2, -0.15) is 5.26 Å². The van der Waals surface area contributed by atoms with Gasteiger partial charge in [-0.05, 0) is 29.8 Å². The zero-order valence-electron chi connectivity index (χ0n) is 8.97. The Hall–Kier alpha value is -2.11. The molecule has 0 heterocycles. The van der Waals surface area contributed by atoms with Crippen molar-refractivity contribution < 1.29 is 0 Å². The predicted octanol–water partition coefficient (Wildman–Crippen LogP) is 3.96. The van der Waals surface area contributed by atoms with Crippen LogP contribution in [0.25, 0.3) is 0 Å². The normalized spacial score (nSPS) is 10.4. The molecule has 2 rings (SSSR count). The summed E-state index contributed by atoms with van der Waals surface area (Å²) >= 11 is 5.87. The van der Waals surface area contributed by atoms with Crippen molar-refractivity contribution in [1.82, 2.24) is 0 Å². The Kier molecular flexibility index (Phi) is 3.54. The van der Waals surface area contributed by atoms with E-state index in [9.17, 15) is 0 Å². The van der Waals surface area contributed by atoms with Crippen molar-refractivity contribution >= 4 is 23.5 Å². The lowest BCUT2D eigenvalue weighted by molar-refractivity contribution is 1.44. The Labute approximate surface area is 105 Å². The van der Waals surface area contributed by atoms with Gasteiger partial charge in [-0.15, -0.1) is 0 Å². The number of halogens is 1. The molecule has 0 atom stereocenters. The first kappa shape index (κ1) is 11.4. The minimum atomic E-state index is 0.561. The number of benzene rings is 2. The maximum Gasteiger partial charge on any atom is 0.101 e. The van der Waals surface area contributed by atoms with Gasteiger partial charge in [0, 0.05) is 11.2 Å². The van der Waals surface area contributed by atoms with E-state index in [2.05, 4.69) is 11.1 Å². The smallest absolute Gasteiger partial charge is 0.101 e. The van der Waals surface area contributed by atoms with Crippen molar-refractivity contribution in [3.63, 3.8) is 0 Å². The highest BCUT2D eigenvalue weighted by atomic mass is 35.5. The highest BCUT2D eigenvalue weighted by molar-refractivity contribution is 6.30. The lowest BCUT2D eigenvalue weighted by Gasteiger charge is -1.97. The Bertz CT molecular complexity index is 597. The van der Waals surface area contributed by atoms with Crippen LogP contribution in [0.3, 0.4) is 0 Å². The van der Waals surface area contributed by atoms with Gasteiger partial charge in [-0.3, -0.25) is 4.99 Å². The third kappa shape index (κ3) is 2.93. The number of hydrogen-bond acceptors (Lipinski definition) is 2. The van der Waals surface area contributed by atoms with E-state index < -0.39 is 0 Å². The van der Waals surface area contributed by atoms with Crippen molar-refractivity contribution in [2.24, 2.45) is 4.99 Å². The van der Waals surface area contributed by atoms with Gasteiger partial charge in [0.2, 0.25) is 0 Å². The van der Waals surface area contributed by atoms with Crippen molar-refractivity contribution in [2.45, 2.75) is 0 Å². The monoisotopic (exact) mass is 240 g/mol. The van der Waals surface area contributed by atoms with Crippen molar-refractivity contribution in [3.05, 3.63) is 64.7 Å². The van der Waals surface area contributed by atoms with Crippen LogP contribution in [0.5, 0.6) is 0 Å². The van der Waals surface area contributed by atoms with Gasteiger partial charge in [0.05, 0.1) is 11.3 Å². The van der Waals surface area contributed by atoms with Gasteiger partial charge in [-0.25, -0.2) is 0 Å². The van der Waals surface area contributed by atoms with Crippen LogP contribution in [0.4, 0.5) is 5.69 Å². The van der Waals surface area contributed by atoms with Crippen LogP contribution in [0, 0.1) is 11.3 Å². The van der Waals surface area contributed by atoms with Crippen LogP contribution in [0.1, 0.15) is 11.1 Å². The standard InChI is InChI=1S/C14H9ClN2/c15-13-6-3-4-11(8-13)10-17-14-7-2-1-5-12(14)9-16/h1-8,10H. The van der Waals surface area contributed by atoms with Gasteiger partial charge in [0.25, 0.3) is 0 Å². The molecule has 0 amide bonds. The molecule has 0 aromatic heterocycles. The molecular weight excluding hydrogens is 232 g/mol. The second kappa shape index (κ2) is 5.29. The fourth-order valence-electron chi connectivity index (χ4n) is 1.41. The summed E-state index contributed by atoms with van der Waals surface area (Å²) in [6.07, 6.45) is 1.70. The molecule has 2 aromatic carbocycles. The molecule has 0 N–H and O–H groups in total. The Morgan fingerprint density at radius 1 is 1.12 bits per heavy atom. The second-order valence-corrected chi connectivity index (χ2v) is 3.88. The van der Waals surface area contributed by atoms with E-state index >= 15 is 0 Å². The van der Waals surface area contributed by atoms with E-state index in [-0.39, 0.29) is 0 Å². The summed E-state index contributed by atoms with van der Waals surface area (Å²) in [6.45, 7) is 0. The van der Waals surface area contributed by atoms with Crippen LogP contribution < -0.4 is 0 Å². The topological polar surface area (TPSA) is 36.1 Å². The van der Waals surface area contributed by atoms with Gasteiger partial charge < -0.3 is 0 Å². The minimum Gasteiger partial charge on any atom is -0.255 e. The van der Waals surface area contributed by atoms with Gasteiger partial charge in [-0.1, -0.05) is 35.9 Å². The summed E-state index contributed by atoms with van der Waals surface area (Å²) in [4.78, 5) is 4.28. The molecule has 0 unspecified atom stereocenters. The van der Waals surface area contributed by atoms with Crippen LogP contribution in [-0.2, 0) is 0 Å². The van der Waals surface area contributed by atoms with Crippen LogP contribution in [-0.4, -0.2) is 6.21 Å². The number of para-hydroxylation sites is 1. The summed E-state index contributed by atoms with van der Waals surface area (Å²) < 4.78 is 0. The summed E-state index contributed by atoms with van der Waals surface area (Å²) in [7, 11) is 0. The minimum absolute atomic E-state index is 0.561.